The van der Waals surface area contributed by atoms with Gasteiger partial charge in [0, 0.05) is 11.9 Å². The van der Waals surface area contributed by atoms with Crippen LogP contribution in [0.4, 0.5) is 10.5 Å². The first kappa shape index (κ1) is 16.4. The Morgan fingerprint density at radius 2 is 2.12 bits per heavy atom. The minimum Gasteiger partial charge on any atom is -0.329 e. The topological polar surface area (TPSA) is 84.7 Å². The van der Waals surface area contributed by atoms with Crippen molar-refractivity contribution in [3.63, 3.8) is 0 Å². The van der Waals surface area contributed by atoms with Crippen molar-refractivity contribution in [1.29, 1.82) is 0 Å². The van der Waals surface area contributed by atoms with Gasteiger partial charge in [0.05, 0.1) is 17.4 Å². The predicted octanol–water partition coefficient (Wildman–Crippen LogP) is 3.31. The molecule has 0 fully saturated rings. The van der Waals surface area contributed by atoms with Crippen LogP contribution in [0, 0.1) is 13.8 Å². The maximum Gasteiger partial charge on any atom is 0.319 e. The molecule has 126 valence electrons. The van der Waals surface area contributed by atoms with E-state index in [-0.39, 0.29) is 12.1 Å². The van der Waals surface area contributed by atoms with Crippen LogP contribution < -0.4 is 10.6 Å². The SMILES string of the molecule is CC[C@@H](NC(=O)Nc1cccc2nn(C)nc12)c1nc(C)c(C)s1. The van der Waals surface area contributed by atoms with E-state index in [4.69, 9.17) is 0 Å². The number of rotatable bonds is 4. The Kier molecular flexibility index (Phi) is 4.48. The molecule has 24 heavy (non-hydrogen) atoms. The van der Waals surface area contributed by atoms with Crippen molar-refractivity contribution in [2.45, 2.75) is 33.2 Å². The Morgan fingerprint density at radius 3 is 2.79 bits per heavy atom. The van der Waals surface area contributed by atoms with Gasteiger partial charge in [0.15, 0.2) is 0 Å². The summed E-state index contributed by atoms with van der Waals surface area (Å²) in [5.74, 6) is 0. The Hall–Kier alpha value is -2.48. The van der Waals surface area contributed by atoms with Gasteiger partial charge in [-0.3, -0.25) is 0 Å². The molecule has 8 heteroatoms. The van der Waals surface area contributed by atoms with E-state index in [1.807, 2.05) is 39.0 Å². The van der Waals surface area contributed by atoms with Gasteiger partial charge in [-0.25, -0.2) is 9.78 Å². The maximum absolute atomic E-state index is 12.4. The van der Waals surface area contributed by atoms with Crippen LogP contribution in [0.25, 0.3) is 11.0 Å². The quantitative estimate of drug-likeness (QED) is 0.760. The number of aryl methyl sites for hydroxylation is 3. The van der Waals surface area contributed by atoms with E-state index in [2.05, 4.69) is 25.8 Å². The zero-order chi connectivity index (χ0) is 17.3. The minimum atomic E-state index is -0.273. The molecule has 0 saturated heterocycles. The number of nitrogens with one attached hydrogen (secondary N) is 2. The number of carbonyl (C=O) groups is 1. The van der Waals surface area contributed by atoms with Crippen LogP contribution >= 0.6 is 11.3 Å². The van der Waals surface area contributed by atoms with Crippen molar-refractivity contribution in [3.05, 3.63) is 33.8 Å². The molecule has 1 aromatic carbocycles. The highest BCUT2D eigenvalue weighted by Crippen LogP contribution is 2.25. The van der Waals surface area contributed by atoms with E-state index in [9.17, 15) is 4.79 Å². The number of benzene rings is 1. The molecule has 0 unspecified atom stereocenters. The third-order valence-corrected chi connectivity index (χ3v) is 5.00. The van der Waals surface area contributed by atoms with E-state index in [0.717, 1.165) is 22.6 Å². The number of hydrogen-bond acceptors (Lipinski definition) is 5. The van der Waals surface area contributed by atoms with E-state index in [1.54, 1.807) is 18.4 Å². The van der Waals surface area contributed by atoms with Crippen LogP contribution in [0.15, 0.2) is 18.2 Å². The number of carbonyl (C=O) groups excluding carboxylic acids is 1. The van der Waals surface area contributed by atoms with Crippen molar-refractivity contribution in [3.8, 4) is 0 Å². The van der Waals surface area contributed by atoms with Gasteiger partial charge in [0.2, 0.25) is 0 Å². The van der Waals surface area contributed by atoms with Crippen molar-refractivity contribution < 1.29 is 4.79 Å². The van der Waals surface area contributed by atoms with Crippen molar-refractivity contribution in [2.75, 3.05) is 5.32 Å². The van der Waals surface area contributed by atoms with Gasteiger partial charge < -0.3 is 10.6 Å². The maximum atomic E-state index is 12.4. The highest BCUT2D eigenvalue weighted by Gasteiger charge is 2.18. The van der Waals surface area contributed by atoms with Gasteiger partial charge in [-0.05, 0) is 32.4 Å². The summed E-state index contributed by atoms with van der Waals surface area (Å²) in [5, 5.41) is 15.3. The lowest BCUT2D eigenvalue weighted by Crippen LogP contribution is -2.32. The van der Waals surface area contributed by atoms with E-state index < -0.39 is 0 Å². The van der Waals surface area contributed by atoms with Gasteiger partial charge in [-0.2, -0.15) is 15.0 Å². The minimum absolute atomic E-state index is 0.108. The first-order valence-corrected chi connectivity index (χ1v) is 8.61. The standard InChI is InChI=1S/C16H20N6OS/c1-5-11(15-17-9(2)10(3)24-15)18-16(23)19-12-7-6-8-13-14(12)21-22(4)20-13/h6-8,11H,5H2,1-4H3,(H2,18,19,23)/t11-/m1/s1. The van der Waals surface area contributed by atoms with Crippen LogP contribution in [-0.2, 0) is 7.05 Å². The van der Waals surface area contributed by atoms with Gasteiger partial charge in [-0.1, -0.05) is 13.0 Å². The van der Waals surface area contributed by atoms with Gasteiger partial charge in [0.25, 0.3) is 0 Å². The predicted molar refractivity (Wildman–Crippen MR) is 95.3 cm³/mol. The van der Waals surface area contributed by atoms with E-state index >= 15 is 0 Å². The van der Waals surface area contributed by atoms with Crippen LogP contribution in [0.3, 0.4) is 0 Å². The monoisotopic (exact) mass is 344 g/mol. The molecular formula is C16H20N6OS. The number of nitrogens with zero attached hydrogens (tertiary/aromatic N) is 4. The number of amides is 2. The molecule has 3 aromatic rings. The summed E-state index contributed by atoms with van der Waals surface area (Å²) in [5.41, 5.74) is 3.07. The molecule has 0 aliphatic rings. The van der Waals surface area contributed by atoms with E-state index in [1.165, 1.54) is 9.67 Å². The second-order valence-electron chi connectivity index (χ2n) is 5.62. The second kappa shape index (κ2) is 6.56. The Balaban J connectivity index is 1.76. The van der Waals surface area contributed by atoms with Crippen molar-refractivity contribution in [1.82, 2.24) is 25.3 Å². The largest absolute Gasteiger partial charge is 0.329 e. The summed E-state index contributed by atoms with van der Waals surface area (Å²) in [4.78, 5) is 19.6. The third kappa shape index (κ3) is 3.23. The number of hydrogen-bond donors (Lipinski definition) is 2. The Morgan fingerprint density at radius 1 is 1.33 bits per heavy atom. The van der Waals surface area contributed by atoms with E-state index in [0.29, 0.717) is 11.2 Å². The van der Waals surface area contributed by atoms with Crippen LogP contribution in [-0.4, -0.2) is 26.0 Å². The lowest BCUT2D eigenvalue weighted by molar-refractivity contribution is 0.248. The molecule has 0 spiro atoms. The molecule has 0 bridgehead atoms. The second-order valence-corrected chi connectivity index (χ2v) is 6.85. The number of anilines is 1. The molecule has 1 atom stereocenters. The zero-order valence-electron chi connectivity index (χ0n) is 14.1. The molecule has 2 aromatic heterocycles. The van der Waals surface area contributed by atoms with Crippen LogP contribution in [0.5, 0.6) is 0 Å². The molecule has 3 rings (SSSR count). The molecule has 0 saturated carbocycles. The summed E-state index contributed by atoms with van der Waals surface area (Å²) >= 11 is 1.62. The Bertz CT molecular complexity index is 864. The summed E-state index contributed by atoms with van der Waals surface area (Å²) in [7, 11) is 1.75. The summed E-state index contributed by atoms with van der Waals surface area (Å²) in [6, 6.07) is 5.14. The summed E-state index contributed by atoms with van der Waals surface area (Å²) in [6.45, 7) is 6.05. The molecular weight excluding hydrogens is 324 g/mol. The number of urea groups is 1. The first-order chi connectivity index (χ1) is 11.5. The molecule has 7 nitrogen and oxygen atoms in total. The van der Waals surface area contributed by atoms with Gasteiger partial charge >= 0.3 is 6.03 Å². The Labute approximate surface area is 144 Å². The fourth-order valence-electron chi connectivity index (χ4n) is 2.44. The smallest absolute Gasteiger partial charge is 0.319 e. The molecule has 2 amide bonds. The highest BCUT2D eigenvalue weighted by molar-refractivity contribution is 7.11. The summed E-state index contributed by atoms with van der Waals surface area (Å²) < 4.78 is 0. The third-order valence-electron chi connectivity index (χ3n) is 3.82. The molecule has 0 aliphatic carbocycles. The number of thiazole rings is 1. The van der Waals surface area contributed by atoms with Crippen LogP contribution in [0.1, 0.15) is 35.0 Å². The zero-order valence-corrected chi connectivity index (χ0v) is 14.9. The lowest BCUT2D eigenvalue weighted by atomic mass is 10.2. The lowest BCUT2D eigenvalue weighted by Gasteiger charge is -2.15. The fourth-order valence-corrected chi connectivity index (χ4v) is 3.50. The number of fused-ring (bicyclic) bond motifs is 1. The first-order valence-electron chi connectivity index (χ1n) is 7.79. The number of aromatic nitrogens is 4. The average Bonchev–Trinajstić information content (AvgIpc) is 3.07. The molecule has 0 radical (unpaired) electrons. The highest BCUT2D eigenvalue weighted by atomic mass is 32.1. The van der Waals surface area contributed by atoms with Gasteiger partial charge in [-0.15, -0.1) is 11.3 Å². The molecule has 2 N–H and O–H groups in total. The van der Waals surface area contributed by atoms with Crippen molar-refractivity contribution >= 4 is 34.1 Å². The average molecular weight is 344 g/mol. The fraction of sp³-hybridized carbons (Fsp3) is 0.375. The summed E-state index contributed by atoms with van der Waals surface area (Å²) in [6.07, 6.45) is 0.773. The molecule has 0 aliphatic heterocycles. The van der Waals surface area contributed by atoms with Crippen LogP contribution in [0.2, 0.25) is 0 Å². The van der Waals surface area contributed by atoms with Crippen molar-refractivity contribution in [2.24, 2.45) is 7.05 Å². The normalized spacial score (nSPS) is 12.3. The molecule has 2 heterocycles. The van der Waals surface area contributed by atoms with Gasteiger partial charge in [0.1, 0.15) is 16.0 Å².